The molecule has 0 aliphatic rings. The number of ether oxygens (including phenoxy) is 3. The second-order valence-corrected chi connectivity index (χ2v) is 6.14. The molecule has 29 heavy (non-hydrogen) atoms. The van der Waals surface area contributed by atoms with Gasteiger partial charge in [-0.1, -0.05) is 6.07 Å². The molecule has 0 aliphatic carbocycles. The number of hydrogen-bond acceptors (Lipinski definition) is 7. The van der Waals surface area contributed by atoms with Gasteiger partial charge in [0, 0.05) is 6.07 Å². The lowest BCUT2D eigenvalue weighted by Crippen LogP contribution is -2.15. The van der Waals surface area contributed by atoms with Crippen molar-refractivity contribution in [2.45, 2.75) is 6.92 Å². The van der Waals surface area contributed by atoms with Crippen molar-refractivity contribution in [3.8, 4) is 17.2 Å². The van der Waals surface area contributed by atoms with Gasteiger partial charge in [-0.05, 0) is 36.8 Å². The summed E-state index contributed by atoms with van der Waals surface area (Å²) < 4.78 is 15.8. The molecule has 0 bridgehead atoms. The molecule has 0 radical (unpaired) electrons. The average molecular weight is 394 g/mol. The number of carbonyl (C=O) groups excluding carboxylic acids is 1. The van der Waals surface area contributed by atoms with E-state index >= 15 is 0 Å². The van der Waals surface area contributed by atoms with Gasteiger partial charge in [0.05, 0.1) is 45.1 Å². The number of aromatic nitrogens is 2. The van der Waals surface area contributed by atoms with E-state index in [9.17, 15) is 4.79 Å². The molecule has 0 saturated heterocycles. The van der Waals surface area contributed by atoms with Gasteiger partial charge in [-0.15, -0.1) is 0 Å². The third-order valence-electron chi connectivity index (χ3n) is 4.16. The fourth-order valence-electron chi connectivity index (χ4n) is 2.67. The van der Waals surface area contributed by atoms with Gasteiger partial charge in [0.2, 0.25) is 0 Å². The molecule has 150 valence electrons. The third-order valence-corrected chi connectivity index (χ3v) is 4.16. The van der Waals surface area contributed by atoms with Crippen LogP contribution in [0.5, 0.6) is 17.2 Å². The summed E-state index contributed by atoms with van der Waals surface area (Å²) in [5.41, 5.74) is 2.42. The maximum Gasteiger partial charge on any atom is 0.275 e. The number of rotatable bonds is 7. The van der Waals surface area contributed by atoms with Crippen LogP contribution in [0.15, 0.2) is 48.8 Å². The quantitative estimate of drug-likeness (QED) is 0.629. The molecule has 2 aromatic carbocycles. The molecule has 0 atom stereocenters. The standard InChI is InChI=1S/C21H22N4O4/c1-13-5-7-18(28-3)15(9-13)25-21(26)17-11-23-20(12-22-17)24-16-10-14(27-2)6-8-19(16)29-4/h5-12H,1-4H3,(H,23,24)(H,25,26). The summed E-state index contributed by atoms with van der Waals surface area (Å²) in [6, 6.07) is 10.9. The highest BCUT2D eigenvalue weighted by atomic mass is 16.5. The predicted octanol–water partition coefficient (Wildman–Crippen LogP) is 3.81. The van der Waals surface area contributed by atoms with Gasteiger partial charge in [0.1, 0.15) is 28.8 Å². The first-order chi connectivity index (χ1) is 14.0. The van der Waals surface area contributed by atoms with Crippen molar-refractivity contribution in [3.63, 3.8) is 0 Å². The number of methoxy groups -OCH3 is 3. The molecule has 8 heteroatoms. The Bertz CT molecular complexity index is 1010. The first-order valence-electron chi connectivity index (χ1n) is 8.81. The largest absolute Gasteiger partial charge is 0.497 e. The van der Waals surface area contributed by atoms with E-state index in [1.165, 1.54) is 12.4 Å². The maximum absolute atomic E-state index is 12.5. The average Bonchev–Trinajstić information content (AvgIpc) is 2.74. The fraction of sp³-hybridized carbons (Fsp3) is 0.190. The molecule has 3 aromatic rings. The first-order valence-corrected chi connectivity index (χ1v) is 8.81. The Balaban J connectivity index is 1.75. The minimum atomic E-state index is -0.382. The Labute approximate surface area is 168 Å². The summed E-state index contributed by atoms with van der Waals surface area (Å²) in [7, 11) is 4.71. The highest BCUT2D eigenvalue weighted by Crippen LogP contribution is 2.31. The molecule has 0 saturated carbocycles. The van der Waals surface area contributed by atoms with Crippen LogP contribution in [-0.4, -0.2) is 37.2 Å². The van der Waals surface area contributed by atoms with Gasteiger partial charge in [0.15, 0.2) is 0 Å². The summed E-state index contributed by atoms with van der Waals surface area (Å²) in [6.07, 6.45) is 2.87. The first kappa shape index (κ1) is 19.9. The van der Waals surface area contributed by atoms with Gasteiger partial charge >= 0.3 is 0 Å². The number of aryl methyl sites for hydroxylation is 1. The van der Waals surface area contributed by atoms with E-state index in [-0.39, 0.29) is 11.6 Å². The summed E-state index contributed by atoms with van der Waals surface area (Å²) in [5, 5.41) is 5.91. The lowest BCUT2D eigenvalue weighted by molar-refractivity contribution is 0.102. The lowest BCUT2D eigenvalue weighted by Gasteiger charge is -2.12. The van der Waals surface area contributed by atoms with Crippen LogP contribution >= 0.6 is 0 Å². The minimum Gasteiger partial charge on any atom is -0.497 e. The van der Waals surface area contributed by atoms with E-state index in [1.54, 1.807) is 45.6 Å². The van der Waals surface area contributed by atoms with Crippen LogP contribution in [0, 0.1) is 6.92 Å². The summed E-state index contributed by atoms with van der Waals surface area (Å²) in [5.74, 6) is 1.94. The van der Waals surface area contributed by atoms with Crippen LogP contribution in [0.3, 0.4) is 0 Å². The van der Waals surface area contributed by atoms with Gasteiger partial charge < -0.3 is 24.8 Å². The molecule has 0 unspecified atom stereocenters. The van der Waals surface area contributed by atoms with Crippen molar-refractivity contribution in [2.75, 3.05) is 32.0 Å². The van der Waals surface area contributed by atoms with E-state index in [1.807, 2.05) is 19.1 Å². The summed E-state index contributed by atoms with van der Waals surface area (Å²) in [4.78, 5) is 21.0. The Morgan fingerprint density at radius 1 is 0.862 bits per heavy atom. The lowest BCUT2D eigenvalue weighted by atomic mass is 10.2. The number of amides is 1. The molecule has 0 spiro atoms. The number of nitrogens with zero attached hydrogens (tertiary/aromatic N) is 2. The molecule has 8 nitrogen and oxygen atoms in total. The van der Waals surface area contributed by atoms with Crippen LogP contribution in [0.25, 0.3) is 0 Å². The molecule has 3 rings (SSSR count). The van der Waals surface area contributed by atoms with Crippen LogP contribution in [0.2, 0.25) is 0 Å². The van der Waals surface area contributed by atoms with Crippen molar-refractivity contribution in [3.05, 3.63) is 60.0 Å². The van der Waals surface area contributed by atoms with Crippen molar-refractivity contribution in [1.29, 1.82) is 0 Å². The van der Waals surface area contributed by atoms with Crippen LogP contribution in [0.1, 0.15) is 16.1 Å². The molecular weight excluding hydrogens is 372 g/mol. The molecule has 0 aliphatic heterocycles. The molecule has 1 amide bonds. The van der Waals surface area contributed by atoms with E-state index in [0.717, 1.165) is 5.56 Å². The van der Waals surface area contributed by atoms with E-state index < -0.39 is 0 Å². The monoisotopic (exact) mass is 394 g/mol. The van der Waals surface area contributed by atoms with Crippen LogP contribution in [-0.2, 0) is 0 Å². The zero-order valence-electron chi connectivity index (χ0n) is 16.6. The molecule has 2 N–H and O–H groups in total. The van der Waals surface area contributed by atoms with Crippen LogP contribution < -0.4 is 24.8 Å². The van der Waals surface area contributed by atoms with E-state index in [4.69, 9.17) is 14.2 Å². The van der Waals surface area contributed by atoms with Gasteiger partial charge in [-0.3, -0.25) is 4.79 Å². The number of anilines is 3. The van der Waals surface area contributed by atoms with E-state index in [0.29, 0.717) is 34.4 Å². The van der Waals surface area contributed by atoms with Gasteiger partial charge in [-0.25, -0.2) is 9.97 Å². The second-order valence-electron chi connectivity index (χ2n) is 6.14. The zero-order chi connectivity index (χ0) is 20.8. The number of benzene rings is 2. The zero-order valence-corrected chi connectivity index (χ0v) is 16.6. The van der Waals surface area contributed by atoms with Crippen molar-refractivity contribution >= 4 is 23.1 Å². The smallest absolute Gasteiger partial charge is 0.275 e. The summed E-state index contributed by atoms with van der Waals surface area (Å²) in [6.45, 7) is 1.93. The Kier molecular flexibility index (Phi) is 6.13. The SMILES string of the molecule is COc1ccc(OC)c(Nc2cnc(C(=O)Nc3cc(C)ccc3OC)cn2)c1. The topological polar surface area (TPSA) is 94.6 Å². The normalized spacial score (nSPS) is 10.2. The molecule has 1 aromatic heterocycles. The predicted molar refractivity (Wildman–Crippen MR) is 111 cm³/mol. The number of nitrogens with one attached hydrogen (secondary N) is 2. The number of hydrogen-bond donors (Lipinski definition) is 2. The minimum absolute atomic E-state index is 0.178. The Hall–Kier alpha value is -3.81. The highest BCUT2D eigenvalue weighted by molar-refractivity contribution is 6.03. The van der Waals surface area contributed by atoms with Gasteiger partial charge in [0.25, 0.3) is 5.91 Å². The van der Waals surface area contributed by atoms with E-state index in [2.05, 4.69) is 20.6 Å². The van der Waals surface area contributed by atoms with Gasteiger partial charge in [-0.2, -0.15) is 0 Å². The van der Waals surface area contributed by atoms with Crippen molar-refractivity contribution in [1.82, 2.24) is 9.97 Å². The Morgan fingerprint density at radius 2 is 1.59 bits per heavy atom. The van der Waals surface area contributed by atoms with Crippen molar-refractivity contribution in [2.24, 2.45) is 0 Å². The highest BCUT2D eigenvalue weighted by Gasteiger charge is 2.13. The molecule has 0 fully saturated rings. The molecular formula is C21H22N4O4. The molecule has 1 heterocycles. The third kappa shape index (κ3) is 4.73. The summed E-state index contributed by atoms with van der Waals surface area (Å²) >= 11 is 0. The fourth-order valence-corrected chi connectivity index (χ4v) is 2.67. The van der Waals surface area contributed by atoms with Crippen LogP contribution in [0.4, 0.5) is 17.2 Å². The van der Waals surface area contributed by atoms with Crippen molar-refractivity contribution < 1.29 is 19.0 Å². The number of carbonyl (C=O) groups is 1. The Morgan fingerprint density at radius 3 is 2.24 bits per heavy atom. The maximum atomic E-state index is 12.5. The second kappa shape index (κ2) is 8.92.